The molecule has 0 aliphatic carbocycles. The molecule has 0 bridgehead atoms. The van der Waals surface area contributed by atoms with E-state index in [1.165, 1.54) is 22.5 Å². The molecule has 0 unspecified atom stereocenters. The number of sulfonamides is 1. The van der Waals surface area contributed by atoms with Crippen LogP contribution in [0.5, 0.6) is 5.75 Å². The van der Waals surface area contributed by atoms with Crippen LogP contribution in [0.2, 0.25) is 10.0 Å². The summed E-state index contributed by atoms with van der Waals surface area (Å²) >= 11 is 12.3. The monoisotopic (exact) mass is 458 g/mol. The van der Waals surface area contributed by atoms with E-state index in [4.69, 9.17) is 27.9 Å². The summed E-state index contributed by atoms with van der Waals surface area (Å²) in [5.74, 6) is -0.0112. The molecule has 0 heterocycles. The average Bonchev–Trinajstić information content (AvgIpc) is 2.67. The number of hydrogen-bond donors (Lipinski definition) is 1. The first-order chi connectivity index (χ1) is 13.7. The zero-order valence-corrected chi connectivity index (χ0v) is 18.9. The van der Waals surface area contributed by atoms with E-state index in [2.05, 4.69) is 5.32 Å². The number of hydrogen-bond acceptors (Lipinski definition) is 4. The summed E-state index contributed by atoms with van der Waals surface area (Å²) < 4.78 is 32.5. The minimum absolute atomic E-state index is 0.0584. The van der Waals surface area contributed by atoms with Crippen molar-refractivity contribution in [3.63, 3.8) is 0 Å². The number of anilines is 1. The van der Waals surface area contributed by atoms with Gasteiger partial charge in [-0.2, -0.15) is 4.31 Å². The van der Waals surface area contributed by atoms with Crippen molar-refractivity contribution >= 4 is 44.8 Å². The van der Waals surface area contributed by atoms with Crippen molar-refractivity contribution < 1.29 is 17.9 Å². The number of halogens is 2. The molecule has 2 rings (SSSR count). The highest BCUT2D eigenvalue weighted by molar-refractivity contribution is 7.89. The standard InChI is InChI=1S/C20H24Cl2N2O4S/c1-4-24(5-2)29(26,27)14-10-11-19(28-6-3)18(12-14)23-20(25)13-15-16(21)8-7-9-17(15)22/h7-12H,4-6,13H2,1-3H3,(H,23,25). The topological polar surface area (TPSA) is 75.7 Å². The van der Waals surface area contributed by atoms with Gasteiger partial charge >= 0.3 is 0 Å². The third kappa shape index (κ3) is 5.63. The van der Waals surface area contributed by atoms with Crippen LogP contribution in [0.3, 0.4) is 0 Å². The van der Waals surface area contributed by atoms with Crippen LogP contribution in [0, 0.1) is 0 Å². The Morgan fingerprint density at radius 1 is 1.07 bits per heavy atom. The molecular weight excluding hydrogens is 435 g/mol. The Hall–Kier alpha value is -1.80. The van der Waals surface area contributed by atoms with Crippen molar-refractivity contribution in [2.75, 3.05) is 25.0 Å². The second-order valence-electron chi connectivity index (χ2n) is 6.11. The second-order valence-corrected chi connectivity index (χ2v) is 8.86. The first kappa shape index (κ1) is 23.5. The van der Waals surface area contributed by atoms with E-state index in [0.29, 0.717) is 41.1 Å². The van der Waals surface area contributed by atoms with Crippen LogP contribution in [-0.2, 0) is 21.2 Å². The normalized spacial score (nSPS) is 11.5. The molecule has 0 aromatic heterocycles. The van der Waals surface area contributed by atoms with Crippen molar-refractivity contribution in [1.82, 2.24) is 4.31 Å². The molecule has 0 saturated heterocycles. The summed E-state index contributed by atoms with van der Waals surface area (Å²) in [6.07, 6.45) is -0.0584. The third-order valence-electron chi connectivity index (χ3n) is 4.27. The average molecular weight is 459 g/mol. The number of nitrogens with one attached hydrogen (secondary N) is 1. The molecule has 6 nitrogen and oxygen atoms in total. The van der Waals surface area contributed by atoms with Gasteiger partial charge in [-0.15, -0.1) is 0 Å². The van der Waals surface area contributed by atoms with Gasteiger partial charge in [-0.25, -0.2) is 8.42 Å². The molecule has 0 aliphatic rings. The Morgan fingerprint density at radius 3 is 2.24 bits per heavy atom. The zero-order valence-electron chi connectivity index (χ0n) is 16.5. The number of rotatable bonds is 9. The number of nitrogens with zero attached hydrogens (tertiary/aromatic N) is 1. The molecule has 9 heteroatoms. The summed E-state index contributed by atoms with van der Waals surface area (Å²) in [5.41, 5.74) is 0.770. The summed E-state index contributed by atoms with van der Waals surface area (Å²) in [5, 5.41) is 3.49. The molecule has 0 atom stereocenters. The van der Waals surface area contributed by atoms with Crippen LogP contribution in [0.15, 0.2) is 41.3 Å². The predicted octanol–water partition coefficient (Wildman–Crippen LogP) is 4.60. The van der Waals surface area contributed by atoms with Crippen molar-refractivity contribution in [3.05, 3.63) is 52.0 Å². The molecule has 158 valence electrons. The van der Waals surface area contributed by atoms with Gasteiger partial charge in [0.25, 0.3) is 0 Å². The lowest BCUT2D eigenvalue weighted by Gasteiger charge is -2.20. The van der Waals surface area contributed by atoms with Gasteiger partial charge in [0, 0.05) is 23.1 Å². The minimum Gasteiger partial charge on any atom is -0.492 e. The van der Waals surface area contributed by atoms with Crippen molar-refractivity contribution in [2.45, 2.75) is 32.1 Å². The third-order valence-corrected chi connectivity index (χ3v) is 7.02. The van der Waals surface area contributed by atoms with E-state index >= 15 is 0 Å². The Morgan fingerprint density at radius 2 is 1.69 bits per heavy atom. The quantitative estimate of drug-likeness (QED) is 0.595. The molecule has 0 radical (unpaired) electrons. The van der Waals surface area contributed by atoms with Gasteiger partial charge < -0.3 is 10.1 Å². The van der Waals surface area contributed by atoms with E-state index in [0.717, 1.165) is 0 Å². The summed E-state index contributed by atoms with van der Waals surface area (Å²) in [7, 11) is -3.68. The first-order valence-corrected chi connectivity index (χ1v) is 11.4. The molecule has 1 amide bonds. The molecule has 0 aliphatic heterocycles. The number of carbonyl (C=O) groups excluding carboxylic acids is 1. The fourth-order valence-corrected chi connectivity index (χ4v) is 4.83. The Bertz CT molecular complexity index is 956. The van der Waals surface area contributed by atoms with Crippen LogP contribution >= 0.6 is 23.2 Å². The van der Waals surface area contributed by atoms with Crippen LogP contribution in [0.4, 0.5) is 5.69 Å². The Labute approximate surface area is 181 Å². The molecule has 29 heavy (non-hydrogen) atoms. The lowest BCUT2D eigenvalue weighted by atomic mass is 10.1. The molecule has 1 N–H and O–H groups in total. The second kappa shape index (κ2) is 10.3. The molecule has 0 spiro atoms. The summed E-state index contributed by atoms with van der Waals surface area (Å²) in [4.78, 5) is 12.7. The van der Waals surface area contributed by atoms with Crippen molar-refractivity contribution in [3.8, 4) is 5.75 Å². The van der Waals surface area contributed by atoms with E-state index in [-0.39, 0.29) is 17.0 Å². The lowest BCUT2D eigenvalue weighted by Crippen LogP contribution is -2.30. The van der Waals surface area contributed by atoms with E-state index in [1.54, 1.807) is 39.0 Å². The fourth-order valence-electron chi connectivity index (χ4n) is 2.82. The first-order valence-electron chi connectivity index (χ1n) is 9.24. The Kier molecular flexibility index (Phi) is 8.34. The van der Waals surface area contributed by atoms with Gasteiger partial charge in [-0.3, -0.25) is 4.79 Å². The van der Waals surface area contributed by atoms with Crippen LogP contribution < -0.4 is 10.1 Å². The maximum absolute atomic E-state index is 12.8. The molecule has 0 fully saturated rings. The number of carbonyl (C=O) groups is 1. The van der Waals surface area contributed by atoms with E-state index in [9.17, 15) is 13.2 Å². The summed E-state index contributed by atoms with van der Waals surface area (Å²) in [6.45, 7) is 6.39. The maximum Gasteiger partial charge on any atom is 0.243 e. The van der Waals surface area contributed by atoms with Gasteiger partial charge in [0.15, 0.2) is 0 Å². The highest BCUT2D eigenvalue weighted by atomic mass is 35.5. The van der Waals surface area contributed by atoms with Gasteiger partial charge in [0.1, 0.15) is 5.75 Å². The summed E-state index contributed by atoms with van der Waals surface area (Å²) in [6, 6.07) is 9.42. The lowest BCUT2D eigenvalue weighted by molar-refractivity contribution is -0.115. The van der Waals surface area contributed by atoms with Crippen LogP contribution in [-0.4, -0.2) is 38.3 Å². The van der Waals surface area contributed by atoms with Gasteiger partial charge in [-0.1, -0.05) is 43.1 Å². The fraction of sp³-hybridized carbons (Fsp3) is 0.350. The predicted molar refractivity (Wildman–Crippen MR) is 117 cm³/mol. The molecule has 0 saturated carbocycles. The van der Waals surface area contributed by atoms with Crippen molar-refractivity contribution in [1.29, 1.82) is 0 Å². The van der Waals surface area contributed by atoms with Crippen LogP contribution in [0.1, 0.15) is 26.3 Å². The minimum atomic E-state index is -3.68. The highest BCUT2D eigenvalue weighted by Crippen LogP contribution is 2.30. The highest BCUT2D eigenvalue weighted by Gasteiger charge is 2.23. The van der Waals surface area contributed by atoms with E-state index in [1.807, 2.05) is 0 Å². The molecule has 2 aromatic carbocycles. The van der Waals surface area contributed by atoms with E-state index < -0.39 is 15.9 Å². The van der Waals surface area contributed by atoms with Crippen molar-refractivity contribution in [2.24, 2.45) is 0 Å². The molecular formula is C20H24Cl2N2O4S. The van der Waals surface area contributed by atoms with Crippen LogP contribution in [0.25, 0.3) is 0 Å². The molecule has 2 aromatic rings. The zero-order chi connectivity index (χ0) is 21.6. The van der Waals surface area contributed by atoms with Gasteiger partial charge in [-0.05, 0) is 42.8 Å². The number of amides is 1. The van der Waals surface area contributed by atoms with Gasteiger partial charge in [0.05, 0.1) is 23.6 Å². The largest absolute Gasteiger partial charge is 0.492 e. The SMILES string of the molecule is CCOc1ccc(S(=O)(=O)N(CC)CC)cc1NC(=O)Cc1c(Cl)cccc1Cl. The van der Waals surface area contributed by atoms with Gasteiger partial charge in [0.2, 0.25) is 15.9 Å². The number of ether oxygens (including phenoxy) is 1. The smallest absolute Gasteiger partial charge is 0.243 e. The Balaban J connectivity index is 2.36. The maximum atomic E-state index is 12.8. The number of benzene rings is 2.